The van der Waals surface area contributed by atoms with Crippen LogP contribution in [0.2, 0.25) is 0 Å². The summed E-state index contributed by atoms with van der Waals surface area (Å²) in [4.78, 5) is 4.56. The molecule has 0 saturated heterocycles. The minimum Gasteiger partial charge on any atom is -0.395 e. The molecule has 98 valence electrons. The molecule has 2 unspecified atom stereocenters. The first-order chi connectivity index (χ1) is 8.67. The van der Waals surface area contributed by atoms with E-state index in [0.29, 0.717) is 0 Å². The van der Waals surface area contributed by atoms with E-state index >= 15 is 0 Å². The van der Waals surface area contributed by atoms with Gasteiger partial charge in [-0.15, -0.1) is 0 Å². The summed E-state index contributed by atoms with van der Waals surface area (Å²) in [6.07, 6.45) is 2.01. The fraction of sp³-hybridized carbons (Fsp3) is 0.462. The Balaban J connectivity index is 2.24. The molecule has 2 aromatic rings. The average molecular weight is 265 g/mol. The molecule has 1 aromatic carbocycles. The highest BCUT2D eigenvalue weighted by Gasteiger charge is 2.17. The monoisotopic (exact) mass is 265 g/mol. The van der Waals surface area contributed by atoms with Crippen LogP contribution in [0.5, 0.6) is 0 Å². The molecule has 2 atom stereocenters. The Labute approximate surface area is 111 Å². The number of thioether (sulfide) groups is 1. The van der Waals surface area contributed by atoms with Crippen molar-refractivity contribution in [3.05, 3.63) is 24.3 Å². The maximum Gasteiger partial charge on any atom is 0.203 e. The highest BCUT2D eigenvalue weighted by atomic mass is 32.2. The van der Waals surface area contributed by atoms with Gasteiger partial charge >= 0.3 is 0 Å². The van der Waals surface area contributed by atoms with Gasteiger partial charge < -0.3 is 15.0 Å². The number of hydrogen-bond acceptors (Lipinski definition) is 4. The molecule has 4 nitrogen and oxygen atoms in total. The van der Waals surface area contributed by atoms with Crippen molar-refractivity contribution >= 4 is 28.7 Å². The Morgan fingerprint density at radius 2 is 2.17 bits per heavy atom. The van der Waals surface area contributed by atoms with Gasteiger partial charge in [-0.3, -0.25) is 0 Å². The molecule has 0 aliphatic heterocycles. The van der Waals surface area contributed by atoms with Crippen molar-refractivity contribution in [1.82, 2.24) is 9.55 Å². The lowest BCUT2D eigenvalue weighted by Crippen LogP contribution is -2.31. The van der Waals surface area contributed by atoms with E-state index < -0.39 is 0 Å². The fourth-order valence-corrected chi connectivity index (χ4v) is 2.63. The van der Waals surface area contributed by atoms with Crippen LogP contribution in [0.25, 0.3) is 11.0 Å². The van der Waals surface area contributed by atoms with Crippen LogP contribution in [-0.2, 0) is 7.05 Å². The zero-order valence-corrected chi connectivity index (χ0v) is 11.7. The molecule has 0 bridgehead atoms. The van der Waals surface area contributed by atoms with Crippen LogP contribution >= 0.6 is 11.8 Å². The summed E-state index contributed by atoms with van der Waals surface area (Å²) in [6.45, 7) is 2.23. The minimum absolute atomic E-state index is 0.166. The number of imidazole rings is 1. The molecule has 1 heterocycles. The van der Waals surface area contributed by atoms with E-state index in [1.165, 1.54) is 0 Å². The average Bonchev–Trinajstić information content (AvgIpc) is 2.68. The predicted molar refractivity (Wildman–Crippen MR) is 78.2 cm³/mol. The van der Waals surface area contributed by atoms with Crippen LogP contribution in [0.15, 0.2) is 24.3 Å². The lowest BCUT2D eigenvalue weighted by molar-refractivity contribution is 0.288. The van der Waals surface area contributed by atoms with Crippen molar-refractivity contribution in [2.45, 2.75) is 18.2 Å². The van der Waals surface area contributed by atoms with Gasteiger partial charge in [0.25, 0.3) is 0 Å². The minimum atomic E-state index is 0.166. The molecule has 0 radical (unpaired) electrons. The first kappa shape index (κ1) is 13.2. The Morgan fingerprint density at radius 3 is 2.78 bits per heavy atom. The number of para-hydroxylation sites is 2. The van der Waals surface area contributed by atoms with Gasteiger partial charge in [0, 0.05) is 18.3 Å². The lowest BCUT2D eigenvalue weighted by atomic mass is 10.2. The number of benzene rings is 1. The number of aliphatic hydroxyl groups excluding tert-OH is 1. The van der Waals surface area contributed by atoms with Crippen molar-refractivity contribution in [3.8, 4) is 0 Å². The summed E-state index contributed by atoms with van der Waals surface area (Å²) >= 11 is 1.66. The van der Waals surface area contributed by atoms with Crippen molar-refractivity contribution < 1.29 is 5.11 Å². The molecule has 0 spiro atoms. The van der Waals surface area contributed by atoms with E-state index in [0.717, 1.165) is 17.0 Å². The van der Waals surface area contributed by atoms with Gasteiger partial charge in [-0.05, 0) is 25.3 Å². The third-order valence-electron chi connectivity index (χ3n) is 3.18. The first-order valence-electron chi connectivity index (χ1n) is 5.99. The fourth-order valence-electron chi connectivity index (χ4n) is 2.01. The number of nitrogens with one attached hydrogen (secondary N) is 1. The van der Waals surface area contributed by atoms with Crippen molar-refractivity contribution in [3.63, 3.8) is 0 Å². The second kappa shape index (κ2) is 5.63. The van der Waals surface area contributed by atoms with E-state index in [2.05, 4.69) is 23.3 Å². The first-order valence-corrected chi connectivity index (χ1v) is 7.27. The standard InChI is InChI=1S/C13H19N3OS/c1-9(12(8-17)18-3)14-13-15-10-6-4-5-7-11(10)16(13)2/h4-7,9,12,17H,8H2,1-3H3,(H,14,15). The van der Waals surface area contributed by atoms with E-state index in [1.54, 1.807) is 11.8 Å². The Morgan fingerprint density at radius 1 is 1.44 bits per heavy atom. The van der Waals surface area contributed by atoms with E-state index in [1.807, 2.05) is 36.1 Å². The summed E-state index contributed by atoms with van der Waals surface area (Å²) in [5.41, 5.74) is 2.09. The molecular formula is C13H19N3OS. The van der Waals surface area contributed by atoms with Crippen LogP contribution < -0.4 is 5.32 Å². The number of aliphatic hydroxyl groups is 1. The third kappa shape index (κ3) is 2.47. The summed E-state index contributed by atoms with van der Waals surface area (Å²) in [5, 5.41) is 12.8. The van der Waals surface area contributed by atoms with Crippen LogP contribution in [0.3, 0.4) is 0 Å². The number of aryl methyl sites for hydroxylation is 1. The highest BCUT2D eigenvalue weighted by Crippen LogP contribution is 2.20. The van der Waals surface area contributed by atoms with E-state index in [-0.39, 0.29) is 17.9 Å². The molecule has 18 heavy (non-hydrogen) atoms. The van der Waals surface area contributed by atoms with Gasteiger partial charge in [0.2, 0.25) is 5.95 Å². The second-order valence-corrected chi connectivity index (χ2v) is 5.45. The molecule has 0 aliphatic carbocycles. The van der Waals surface area contributed by atoms with Crippen molar-refractivity contribution in [1.29, 1.82) is 0 Å². The predicted octanol–water partition coefficient (Wildman–Crippen LogP) is 2.10. The molecule has 0 fully saturated rings. The topological polar surface area (TPSA) is 50.1 Å². The van der Waals surface area contributed by atoms with Crippen LogP contribution in [0.1, 0.15) is 6.92 Å². The molecule has 5 heteroatoms. The Kier molecular flexibility index (Phi) is 4.14. The molecule has 1 aromatic heterocycles. The normalized spacial score (nSPS) is 14.7. The van der Waals surface area contributed by atoms with Gasteiger partial charge in [-0.2, -0.15) is 11.8 Å². The second-order valence-electron chi connectivity index (χ2n) is 4.37. The van der Waals surface area contributed by atoms with Crippen molar-refractivity contribution in [2.75, 3.05) is 18.2 Å². The zero-order chi connectivity index (χ0) is 13.1. The smallest absolute Gasteiger partial charge is 0.203 e. The zero-order valence-electron chi connectivity index (χ0n) is 10.9. The van der Waals surface area contributed by atoms with Crippen molar-refractivity contribution in [2.24, 2.45) is 7.05 Å². The number of rotatable bonds is 5. The molecule has 0 amide bonds. The highest BCUT2D eigenvalue weighted by molar-refractivity contribution is 7.99. The van der Waals surface area contributed by atoms with Crippen LogP contribution in [0.4, 0.5) is 5.95 Å². The maximum absolute atomic E-state index is 9.30. The molecular weight excluding hydrogens is 246 g/mol. The number of fused-ring (bicyclic) bond motifs is 1. The maximum atomic E-state index is 9.30. The number of nitrogens with zero attached hydrogens (tertiary/aromatic N) is 2. The van der Waals surface area contributed by atoms with Crippen LogP contribution in [-0.4, -0.2) is 38.8 Å². The summed E-state index contributed by atoms with van der Waals surface area (Å²) in [6, 6.07) is 8.22. The van der Waals surface area contributed by atoms with Gasteiger partial charge in [0.05, 0.1) is 17.6 Å². The van der Waals surface area contributed by atoms with Crippen LogP contribution in [0, 0.1) is 0 Å². The van der Waals surface area contributed by atoms with Gasteiger partial charge in [0.15, 0.2) is 0 Å². The number of anilines is 1. The Hall–Kier alpha value is -1.20. The van der Waals surface area contributed by atoms with E-state index in [4.69, 9.17) is 0 Å². The number of hydrogen-bond donors (Lipinski definition) is 2. The molecule has 2 N–H and O–H groups in total. The molecule has 0 saturated carbocycles. The third-order valence-corrected chi connectivity index (χ3v) is 4.35. The van der Waals surface area contributed by atoms with Gasteiger partial charge in [-0.1, -0.05) is 12.1 Å². The SMILES string of the molecule is CSC(CO)C(C)Nc1nc2ccccc2n1C. The summed E-state index contributed by atoms with van der Waals surface area (Å²) in [7, 11) is 2.00. The van der Waals surface area contributed by atoms with E-state index in [9.17, 15) is 5.11 Å². The Bertz CT molecular complexity index is 522. The number of aromatic nitrogens is 2. The quantitative estimate of drug-likeness (QED) is 0.869. The van der Waals surface area contributed by atoms with Gasteiger partial charge in [0.1, 0.15) is 0 Å². The summed E-state index contributed by atoms with van der Waals surface area (Å²) < 4.78 is 2.04. The largest absolute Gasteiger partial charge is 0.395 e. The molecule has 2 rings (SSSR count). The molecule has 0 aliphatic rings. The summed E-state index contributed by atoms with van der Waals surface area (Å²) in [5.74, 6) is 0.844. The van der Waals surface area contributed by atoms with Gasteiger partial charge in [-0.25, -0.2) is 4.98 Å². The lowest BCUT2D eigenvalue weighted by Gasteiger charge is -2.21.